The lowest BCUT2D eigenvalue weighted by Gasteiger charge is -1.88. The lowest BCUT2D eigenvalue weighted by Crippen LogP contribution is -2.04. The summed E-state index contributed by atoms with van der Waals surface area (Å²) in [4.78, 5) is 10.3. The zero-order chi connectivity index (χ0) is 11.5. The Labute approximate surface area is 91.8 Å². The van der Waals surface area contributed by atoms with Crippen LogP contribution in [-0.4, -0.2) is 5.91 Å². The van der Waals surface area contributed by atoms with Gasteiger partial charge < -0.3 is 5.73 Å². The maximum atomic E-state index is 10.3. The molecule has 0 radical (unpaired) electrons. The zero-order valence-electron chi connectivity index (χ0n) is 9.44. The van der Waals surface area contributed by atoms with Crippen molar-refractivity contribution in [3.8, 4) is 0 Å². The van der Waals surface area contributed by atoms with E-state index in [0.29, 0.717) is 0 Å². The van der Waals surface area contributed by atoms with Crippen molar-refractivity contribution >= 4 is 12.0 Å². The molecular weight excluding hydrogens is 186 g/mol. The van der Waals surface area contributed by atoms with Crippen molar-refractivity contribution in [2.24, 2.45) is 5.73 Å². The molecule has 0 unspecified atom stereocenters. The molecule has 1 aromatic rings. The van der Waals surface area contributed by atoms with E-state index in [2.05, 4.69) is 13.8 Å². The van der Waals surface area contributed by atoms with Crippen molar-refractivity contribution in [1.82, 2.24) is 0 Å². The summed E-state index contributed by atoms with van der Waals surface area (Å²) in [6.45, 7) is 4.36. The first-order chi connectivity index (χ1) is 7.20. The first-order valence-electron chi connectivity index (χ1n) is 5.23. The van der Waals surface area contributed by atoms with Gasteiger partial charge in [0.2, 0.25) is 5.91 Å². The summed E-state index contributed by atoms with van der Waals surface area (Å²) in [6.07, 6.45) is 5.66. The first kappa shape index (κ1) is 13.4. The van der Waals surface area contributed by atoms with Gasteiger partial charge in [-0.25, -0.2) is 0 Å². The molecule has 1 rings (SSSR count). The summed E-state index contributed by atoms with van der Waals surface area (Å²) in [7, 11) is 0. The number of hydrogen-bond acceptors (Lipinski definition) is 1. The molecule has 1 aromatic carbocycles. The molecule has 2 N–H and O–H groups in total. The third kappa shape index (κ3) is 8.75. The largest absolute Gasteiger partial charge is 0.366 e. The first-order valence-corrected chi connectivity index (χ1v) is 5.23. The summed E-state index contributed by atoms with van der Waals surface area (Å²) >= 11 is 0. The fraction of sp³-hybridized carbons (Fsp3) is 0.308. The predicted octanol–water partition coefficient (Wildman–Crippen LogP) is 2.99. The number of carbonyl (C=O) groups excluding carboxylic acids is 1. The van der Waals surface area contributed by atoms with Crippen LogP contribution in [0.3, 0.4) is 0 Å². The second-order valence-electron chi connectivity index (χ2n) is 3.15. The SMILES string of the molecule is CCCC.NC(=O)/C=C/c1ccccc1. The Morgan fingerprint density at radius 1 is 1.20 bits per heavy atom. The van der Waals surface area contributed by atoms with Crippen LogP contribution in [0.1, 0.15) is 32.3 Å². The summed E-state index contributed by atoms with van der Waals surface area (Å²) in [5.41, 5.74) is 5.89. The van der Waals surface area contributed by atoms with Gasteiger partial charge in [-0.2, -0.15) is 0 Å². The molecule has 0 heterocycles. The summed E-state index contributed by atoms with van der Waals surface area (Å²) in [5.74, 6) is -0.422. The van der Waals surface area contributed by atoms with Gasteiger partial charge in [0, 0.05) is 6.08 Å². The summed E-state index contributed by atoms with van der Waals surface area (Å²) in [6, 6.07) is 9.53. The molecule has 82 valence electrons. The van der Waals surface area contributed by atoms with Crippen LogP contribution in [0.2, 0.25) is 0 Å². The minimum atomic E-state index is -0.422. The van der Waals surface area contributed by atoms with Crippen LogP contribution in [0.4, 0.5) is 0 Å². The lowest BCUT2D eigenvalue weighted by atomic mass is 10.2. The van der Waals surface area contributed by atoms with Gasteiger partial charge in [0.1, 0.15) is 0 Å². The molecule has 0 saturated heterocycles. The summed E-state index contributed by atoms with van der Waals surface area (Å²) < 4.78 is 0. The molecular formula is C13H19NO. The Kier molecular flexibility index (Phi) is 8.06. The average molecular weight is 205 g/mol. The topological polar surface area (TPSA) is 43.1 Å². The van der Waals surface area contributed by atoms with Gasteiger partial charge in [-0.15, -0.1) is 0 Å². The van der Waals surface area contributed by atoms with Gasteiger partial charge in [0.25, 0.3) is 0 Å². The number of nitrogens with two attached hydrogens (primary N) is 1. The van der Waals surface area contributed by atoms with Gasteiger partial charge in [0.15, 0.2) is 0 Å². The second kappa shape index (κ2) is 9.00. The molecule has 0 aliphatic carbocycles. The van der Waals surface area contributed by atoms with Crippen molar-refractivity contribution in [2.75, 3.05) is 0 Å². The average Bonchev–Trinajstić information content (AvgIpc) is 2.28. The minimum absolute atomic E-state index is 0.422. The standard InChI is InChI=1S/C9H9NO.C4H10/c10-9(11)7-6-8-4-2-1-3-5-8;1-3-4-2/h1-7H,(H2,10,11);3-4H2,1-2H3/b7-6+;. The Morgan fingerprint density at radius 3 is 2.13 bits per heavy atom. The number of rotatable bonds is 3. The van der Waals surface area contributed by atoms with E-state index in [1.165, 1.54) is 18.9 Å². The smallest absolute Gasteiger partial charge is 0.241 e. The Hall–Kier alpha value is -1.57. The Balaban J connectivity index is 0.000000423. The predicted molar refractivity (Wildman–Crippen MR) is 65.3 cm³/mol. The van der Waals surface area contributed by atoms with Gasteiger partial charge in [-0.05, 0) is 11.6 Å². The number of hydrogen-bond donors (Lipinski definition) is 1. The molecule has 2 heteroatoms. The molecule has 0 fully saturated rings. The van der Waals surface area contributed by atoms with Crippen LogP contribution in [0.25, 0.3) is 6.08 Å². The van der Waals surface area contributed by atoms with Gasteiger partial charge in [0.05, 0.1) is 0 Å². The van der Waals surface area contributed by atoms with Crippen LogP contribution >= 0.6 is 0 Å². The third-order valence-corrected chi connectivity index (χ3v) is 1.74. The fourth-order valence-corrected chi connectivity index (χ4v) is 0.743. The minimum Gasteiger partial charge on any atom is -0.366 e. The number of carbonyl (C=O) groups is 1. The van der Waals surface area contributed by atoms with E-state index in [1.54, 1.807) is 6.08 Å². The quantitative estimate of drug-likeness (QED) is 0.757. The van der Waals surface area contributed by atoms with E-state index < -0.39 is 5.91 Å². The molecule has 1 amide bonds. The van der Waals surface area contributed by atoms with E-state index in [0.717, 1.165) is 5.56 Å². The van der Waals surface area contributed by atoms with Crippen LogP contribution < -0.4 is 5.73 Å². The zero-order valence-corrected chi connectivity index (χ0v) is 9.44. The van der Waals surface area contributed by atoms with Crippen molar-refractivity contribution in [1.29, 1.82) is 0 Å². The maximum Gasteiger partial charge on any atom is 0.241 e. The van der Waals surface area contributed by atoms with E-state index in [9.17, 15) is 4.79 Å². The molecule has 0 atom stereocenters. The van der Waals surface area contributed by atoms with E-state index in [-0.39, 0.29) is 0 Å². The van der Waals surface area contributed by atoms with Crippen LogP contribution in [0.5, 0.6) is 0 Å². The molecule has 0 aliphatic rings. The molecule has 0 saturated carbocycles. The van der Waals surface area contributed by atoms with E-state index in [4.69, 9.17) is 5.73 Å². The lowest BCUT2D eigenvalue weighted by molar-refractivity contribution is -0.113. The normalized spacial score (nSPS) is 9.47. The molecule has 0 aliphatic heterocycles. The number of primary amides is 1. The van der Waals surface area contributed by atoms with Crippen LogP contribution in [-0.2, 0) is 4.79 Å². The van der Waals surface area contributed by atoms with Crippen molar-refractivity contribution in [3.63, 3.8) is 0 Å². The van der Waals surface area contributed by atoms with Crippen molar-refractivity contribution < 1.29 is 4.79 Å². The molecule has 0 bridgehead atoms. The second-order valence-corrected chi connectivity index (χ2v) is 3.15. The molecule has 0 aromatic heterocycles. The Morgan fingerprint density at radius 2 is 1.73 bits per heavy atom. The van der Waals surface area contributed by atoms with Crippen molar-refractivity contribution in [3.05, 3.63) is 42.0 Å². The highest BCUT2D eigenvalue weighted by Crippen LogP contribution is 1.99. The maximum absolute atomic E-state index is 10.3. The third-order valence-electron chi connectivity index (χ3n) is 1.74. The summed E-state index contributed by atoms with van der Waals surface area (Å²) in [5, 5.41) is 0. The Bertz CT molecular complexity index is 289. The van der Waals surface area contributed by atoms with Gasteiger partial charge in [-0.3, -0.25) is 4.79 Å². The highest BCUT2D eigenvalue weighted by molar-refractivity contribution is 5.90. The fourth-order valence-electron chi connectivity index (χ4n) is 0.743. The molecule has 2 nitrogen and oxygen atoms in total. The van der Waals surface area contributed by atoms with Gasteiger partial charge >= 0.3 is 0 Å². The number of unbranched alkanes of at least 4 members (excludes halogenated alkanes) is 1. The van der Waals surface area contributed by atoms with E-state index in [1.807, 2.05) is 30.3 Å². The number of amides is 1. The van der Waals surface area contributed by atoms with E-state index >= 15 is 0 Å². The van der Waals surface area contributed by atoms with Gasteiger partial charge in [-0.1, -0.05) is 57.0 Å². The highest BCUT2D eigenvalue weighted by atomic mass is 16.1. The highest BCUT2D eigenvalue weighted by Gasteiger charge is 1.84. The number of benzene rings is 1. The molecule has 15 heavy (non-hydrogen) atoms. The van der Waals surface area contributed by atoms with Crippen LogP contribution in [0, 0.1) is 0 Å². The van der Waals surface area contributed by atoms with Crippen LogP contribution in [0.15, 0.2) is 36.4 Å². The molecule has 0 spiro atoms. The monoisotopic (exact) mass is 205 g/mol. The van der Waals surface area contributed by atoms with Crippen molar-refractivity contribution in [2.45, 2.75) is 26.7 Å².